The van der Waals surface area contributed by atoms with Crippen LogP contribution in [0.15, 0.2) is 42.5 Å². The molecule has 0 aromatic heterocycles. The minimum absolute atomic E-state index is 0.122. The third-order valence-electron chi connectivity index (χ3n) is 4.82. The van der Waals surface area contributed by atoms with E-state index in [0.29, 0.717) is 6.54 Å². The molecule has 0 spiro atoms. The van der Waals surface area contributed by atoms with Crippen molar-refractivity contribution in [1.82, 2.24) is 4.90 Å². The van der Waals surface area contributed by atoms with Crippen LogP contribution in [-0.4, -0.2) is 29.8 Å². The average molecular weight is 359 g/mol. The van der Waals surface area contributed by atoms with Crippen LogP contribution in [0.2, 0.25) is 0 Å². The van der Waals surface area contributed by atoms with Crippen LogP contribution >= 0.6 is 12.2 Å². The van der Waals surface area contributed by atoms with Gasteiger partial charge in [-0.15, -0.1) is 0 Å². The summed E-state index contributed by atoms with van der Waals surface area (Å²) in [6, 6.07) is 13.3. The van der Waals surface area contributed by atoms with Gasteiger partial charge in [0.05, 0.1) is 6.54 Å². The SMILES string of the molecule is Cc1ccc(NC(=S)N2CCC[NH+](Cc3ccccc3F)C2)cc1C. The third-order valence-corrected chi connectivity index (χ3v) is 5.18. The van der Waals surface area contributed by atoms with Gasteiger partial charge in [-0.25, -0.2) is 4.39 Å². The molecule has 0 radical (unpaired) electrons. The molecule has 5 heteroatoms. The molecule has 3 nitrogen and oxygen atoms in total. The van der Waals surface area contributed by atoms with E-state index in [9.17, 15) is 4.39 Å². The predicted molar refractivity (Wildman–Crippen MR) is 104 cm³/mol. The van der Waals surface area contributed by atoms with Crippen molar-refractivity contribution in [2.75, 3.05) is 25.1 Å². The van der Waals surface area contributed by atoms with Crippen LogP contribution < -0.4 is 10.2 Å². The van der Waals surface area contributed by atoms with Gasteiger partial charge in [0, 0.05) is 24.2 Å². The maximum atomic E-state index is 13.9. The van der Waals surface area contributed by atoms with Gasteiger partial charge in [-0.1, -0.05) is 24.3 Å². The van der Waals surface area contributed by atoms with Gasteiger partial charge in [-0.2, -0.15) is 0 Å². The normalized spacial score (nSPS) is 17.4. The zero-order chi connectivity index (χ0) is 17.8. The van der Waals surface area contributed by atoms with Crippen LogP contribution in [0.4, 0.5) is 10.1 Å². The molecule has 3 rings (SSSR count). The number of nitrogens with one attached hydrogen (secondary N) is 2. The standard InChI is InChI=1S/C20H24FN3S/c1-15-8-9-18(12-16(15)2)22-20(25)24-11-5-10-23(14-24)13-17-6-3-4-7-19(17)21/h3-4,6-9,12H,5,10-11,13-14H2,1-2H3,(H,22,25)/p+1. The second-order valence-corrected chi connectivity index (χ2v) is 7.16. The minimum atomic E-state index is -0.122. The molecule has 0 aliphatic carbocycles. The molecule has 1 unspecified atom stereocenters. The van der Waals surface area contributed by atoms with Gasteiger partial charge < -0.3 is 15.1 Å². The Morgan fingerprint density at radius 1 is 1.20 bits per heavy atom. The highest BCUT2D eigenvalue weighted by molar-refractivity contribution is 7.80. The number of hydrogen-bond acceptors (Lipinski definition) is 1. The lowest BCUT2D eigenvalue weighted by Crippen LogP contribution is -3.13. The molecule has 0 amide bonds. The van der Waals surface area contributed by atoms with E-state index < -0.39 is 0 Å². The number of aryl methyl sites for hydroxylation is 2. The van der Waals surface area contributed by atoms with Crippen LogP contribution in [-0.2, 0) is 6.54 Å². The Labute approximate surface area is 154 Å². The van der Waals surface area contributed by atoms with Crippen molar-refractivity contribution in [3.63, 3.8) is 0 Å². The number of rotatable bonds is 3. The molecule has 1 aliphatic rings. The Bertz CT molecular complexity index is 762. The molecule has 1 atom stereocenters. The summed E-state index contributed by atoms with van der Waals surface area (Å²) >= 11 is 5.60. The number of thiocarbonyl (C=S) groups is 1. The minimum Gasteiger partial charge on any atom is -0.332 e. The van der Waals surface area contributed by atoms with E-state index in [1.165, 1.54) is 22.1 Å². The molecule has 0 bridgehead atoms. The van der Waals surface area contributed by atoms with Crippen LogP contribution in [0.3, 0.4) is 0 Å². The number of halogens is 1. The molecule has 2 aromatic carbocycles. The van der Waals surface area contributed by atoms with Crippen molar-refractivity contribution >= 4 is 23.0 Å². The maximum absolute atomic E-state index is 13.9. The Kier molecular flexibility index (Phi) is 5.66. The number of benzene rings is 2. The fourth-order valence-electron chi connectivity index (χ4n) is 3.20. The first kappa shape index (κ1) is 17.8. The monoisotopic (exact) mass is 358 g/mol. The first-order chi connectivity index (χ1) is 12.0. The Balaban J connectivity index is 1.61. The zero-order valence-electron chi connectivity index (χ0n) is 14.8. The van der Waals surface area contributed by atoms with E-state index in [4.69, 9.17) is 12.2 Å². The van der Waals surface area contributed by atoms with Gasteiger partial charge in [-0.3, -0.25) is 0 Å². The Morgan fingerprint density at radius 2 is 2.00 bits per heavy atom. The molecule has 132 valence electrons. The van der Waals surface area contributed by atoms with Crippen LogP contribution in [0.25, 0.3) is 0 Å². The number of anilines is 1. The van der Waals surface area contributed by atoms with Crippen molar-refractivity contribution in [2.45, 2.75) is 26.8 Å². The largest absolute Gasteiger partial charge is 0.332 e. The number of nitrogens with zero attached hydrogens (tertiary/aromatic N) is 1. The van der Waals surface area contributed by atoms with Gasteiger partial charge >= 0.3 is 0 Å². The highest BCUT2D eigenvalue weighted by atomic mass is 32.1. The van der Waals surface area contributed by atoms with Crippen LogP contribution in [0.1, 0.15) is 23.1 Å². The van der Waals surface area contributed by atoms with Crippen LogP contribution in [0.5, 0.6) is 0 Å². The highest BCUT2D eigenvalue weighted by Gasteiger charge is 2.23. The topological polar surface area (TPSA) is 19.7 Å². The van der Waals surface area contributed by atoms with E-state index >= 15 is 0 Å². The highest BCUT2D eigenvalue weighted by Crippen LogP contribution is 2.15. The average Bonchev–Trinajstić information content (AvgIpc) is 2.60. The fourth-order valence-corrected chi connectivity index (χ4v) is 3.47. The van der Waals surface area contributed by atoms with Crippen molar-refractivity contribution in [3.8, 4) is 0 Å². The Morgan fingerprint density at radius 3 is 2.76 bits per heavy atom. The van der Waals surface area contributed by atoms with E-state index in [1.54, 1.807) is 6.07 Å². The molecular formula is C20H25FN3S+. The lowest BCUT2D eigenvalue weighted by atomic mass is 10.1. The fraction of sp³-hybridized carbons (Fsp3) is 0.350. The van der Waals surface area contributed by atoms with Gasteiger partial charge in [0.1, 0.15) is 12.4 Å². The second-order valence-electron chi connectivity index (χ2n) is 6.77. The van der Waals surface area contributed by atoms with Crippen molar-refractivity contribution in [1.29, 1.82) is 0 Å². The number of hydrogen-bond donors (Lipinski definition) is 2. The van der Waals surface area contributed by atoms with E-state index in [0.717, 1.165) is 42.5 Å². The van der Waals surface area contributed by atoms with E-state index in [1.807, 2.05) is 12.1 Å². The molecule has 0 saturated carbocycles. The predicted octanol–water partition coefficient (Wildman–Crippen LogP) is 2.89. The third kappa shape index (κ3) is 4.55. The first-order valence-electron chi connectivity index (χ1n) is 8.73. The number of quaternary nitrogens is 1. The van der Waals surface area contributed by atoms with Gasteiger partial charge in [0.2, 0.25) is 0 Å². The summed E-state index contributed by atoms with van der Waals surface area (Å²) in [6.45, 7) is 7.67. The lowest BCUT2D eigenvalue weighted by molar-refractivity contribution is -0.927. The first-order valence-corrected chi connectivity index (χ1v) is 9.14. The summed E-state index contributed by atoms with van der Waals surface area (Å²) in [4.78, 5) is 3.52. The molecule has 25 heavy (non-hydrogen) atoms. The summed E-state index contributed by atoms with van der Waals surface area (Å²) in [5.41, 5.74) is 4.31. The summed E-state index contributed by atoms with van der Waals surface area (Å²) < 4.78 is 13.9. The molecule has 1 aliphatic heterocycles. The quantitative estimate of drug-likeness (QED) is 0.823. The summed E-state index contributed by atoms with van der Waals surface area (Å²) in [5.74, 6) is -0.122. The molecule has 1 saturated heterocycles. The molecule has 1 heterocycles. The zero-order valence-corrected chi connectivity index (χ0v) is 15.6. The molecular weight excluding hydrogens is 333 g/mol. The molecule has 1 fully saturated rings. The van der Waals surface area contributed by atoms with E-state index in [-0.39, 0.29) is 5.82 Å². The summed E-state index contributed by atoms with van der Waals surface area (Å²) in [7, 11) is 0. The van der Waals surface area contributed by atoms with Crippen molar-refractivity contribution in [2.24, 2.45) is 0 Å². The maximum Gasteiger partial charge on any atom is 0.177 e. The van der Waals surface area contributed by atoms with Crippen LogP contribution in [0, 0.1) is 19.7 Å². The van der Waals surface area contributed by atoms with E-state index in [2.05, 4.69) is 42.3 Å². The molecule has 2 N–H and O–H groups in total. The molecule has 2 aromatic rings. The van der Waals surface area contributed by atoms with Gasteiger partial charge in [-0.05, 0) is 55.4 Å². The van der Waals surface area contributed by atoms with Gasteiger partial charge in [0.15, 0.2) is 11.8 Å². The smallest absolute Gasteiger partial charge is 0.177 e. The van der Waals surface area contributed by atoms with Gasteiger partial charge in [0.25, 0.3) is 0 Å². The summed E-state index contributed by atoms with van der Waals surface area (Å²) in [6.07, 6.45) is 1.05. The lowest BCUT2D eigenvalue weighted by Gasteiger charge is -2.34. The van der Waals surface area contributed by atoms with Crippen molar-refractivity contribution < 1.29 is 9.29 Å². The summed E-state index contributed by atoms with van der Waals surface area (Å²) in [5, 5.41) is 4.09. The second kappa shape index (κ2) is 7.93. The van der Waals surface area contributed by atoms with Crippen molar-refractivity contribution in [3.05, 3.63) is 65.0 Å². The Hall–Kier alpha value is -1.98.